The largest absolute Gasteiger partial charge is 0.449 e. The van der Waals surface area contributed by atoms with Gasteiger partial charge in [-0.3, -0.25) is 14.9 Å². The number of nitro groups is 1. The summed E-state index contributed by atoms with van der Waals surface area (Å²) in [6, 6.07) is 13.4. The van der Waals surface area contributed by atoms with Gasteiger partial charge < -0.3 is 10.1 Å². The van der Waals surface area contributed by atoms with Gasteiger partial charge in [0, 0.05) is 17.1 Å². The fourth-order valence-corrected chi connectivity index (χ4v) is 2.73. The fraction of sp³-hybridized carbons (Fsp3) is 0.300. The van der Waals surface area contributed by atoms with Crippen LogP contribution in [0.3, 0.4) is 0 Å². The topological polar surface area (TPSA) is 98.5 Å². The maximum Gasteiger partial charge on any atom is 0.345 e. The summed E-state index contributed by atoms with van der Waals surface area (Å²) in [5.74, 6) is -1.42. The molecule has 2 rings (SSSR count). The third kappa shape index (κ3) is 6.06. The van der Waals surface area contributed by atoms with Gasteiger partial charge in [-0.05, 0) is 44.4 Å². The highest BCUT2D eigenvalue weighted by atomic mass is 35.5. The van der Waals surface area contributed by atoms with Gasteiger partial charge >= 0.3 is 5.97 Å². The van der Waals surface area contributed by atoms with Crippen molar-refractivity contribution in [1.82, 2.24) is 5.32 Å². The lowest BCUT2D eigenvalue weighted by Crippen LogP contribution is -2.41. The third-order valence-electron chi connectivity index (χ3n) is 4.13. The highest BCUT2D eigenvalue weighted by molar-refractivity contribution is 6.31. The van der Waals surface area contributed by atoms with Crippen LogP contribution in [0.5, 0.6) is 0 Å². The van der Waals surface area contributed by atoms with E-state index >= 15 is 0 Å². The Hall–Kier alpha value is -2.93. The van der Waals surface area contributed by atoms with Crippen LogP contribution >= 0.6 is 11.6 Å². The summed E-state index contributed by atoms with van der Waals surface area (Å²) in [6.45, 7) is 3.28. The zero-order valence-corrected chi connectivity index (χ0v) is 16.3. The van der Waals surface area contributed by atoms with E-state index < -0.39 is 28.6 Å². The zero-order valence-electron chi connectivity index (χ0n) is 15.6. The first-order valence-corrected chi connectivity index (χ1v) is 9.15. The number of benzene rings is 2. The number of amides is 1. The molecule has 28 heavy (non-hydrogen) atoms. The molecule has 1 amide bonds. The van der Waals surface area contributed by atoms with E-state index in [4.69, 9.17) is 16.3 Å². The van der Waals surface area contributed by atoms with Crippen LogP contribution < -0.4 is 5.32 Å². The van der Waals surface area contributed by atoms with Gasteiger partial charge in [0.15, 0.2) is 6.10 Å². The second-order valence-electron chi connectivity index (χ2n) is 6.40. The first kappa shape index (κ1) is 21.4. The van der Waals surface area contributed by atoms with Gasteiger partial charge in [-0.2, -0.15) is 0 Å². The quantitative estimate of drug-likeness (QED) is 0.408. The van der Waals surface area contributed by atoms with Crippen molar-refractivity contribution in [2.45, 2.75) is 38.8 Å². The molecular weight excluding hydrogens is 384 g/mol. The summed E-state index contributed by atoms with van der Waals surface area (Å²) in [5, 5.41) is 14.0. The summed E-state index contributed by atoms with van der Waals surface area (Å²) < 4.78 is 5.09. The van der Waals surface area contributed by atoms with Crippen molar-refractivity contribution in [1.29, 1.82) is 0 Å². The predicted octanol–water partition coefficient (Wildman–Crippen LogP) is 3.93. The smallest absolute Gasteiger partial charge is 0.345 e. The normalized spacial score (nSPS) is 12.7. The van der Waals surface area contributed by atoms with Crippen molar-refractivity contribution in [2.75, 3.05) is 0 Å². The summed E-state index contributed by atoms with van der Waals surface area (Å²) in [4.78, 5) is 34.9. The van der Waals surface area contributed by atoms with Crippen LogP contribution in [0.25, 0.3) is 0 Å². The Balaban J connectivity index is 1.91. The van der Waals surface area contributed by atoms with Crippen LogP contribution in [0.1, 0.15) is 36.2 Å². The number of halogens is 1. The number of aryl methyl sites for hydroxylation is 1. The Morgan fingerprint density at radius 3 is 2.50 bits per heavy atom. The lowest BCUT2D eigenvalue weighted by atomic mass is 10.1. The van der Waals surface area contributed by atoms with E-state index in [1.165, 1.54) is 19.1 Å². The molecule has 2 aromatic rings. The molecule has 0 aliphatic rings. The molecule has 0 fully saturated rings. The molecule has 0 saturated carbocycles. The predicted molar refractivity (Wildman–Crippen MR) is 105 cm³/mol. The molecule has 148 valence electrons. The van der Waals surface area contributed by atoms with E-state index in [0.717, 1.165) is 24.5 Å². The van der Waals surface area contributed by atoms with E-state index in [2.05, 4.69) is 5.32 Å². The highest BCUT2D eigenvalue weighted by Gasteiger charge is 2.26. The van der Waals surface area contributed by atoms with Crippen molar-refractivity contribution in [3.05, 3.63) is 74.8 Å². The molecule has 2 unspecified atom stereocenters. The van der Waals surface area contributed by atoms with Crippen molar-refractivity contribution in [3.63, 3.8) is 0 Å². The minimum Gasteiger partial charge on any atom is -0.449 e. The molecule has 0 aliphatic heterocycles. The Labute approximate surface area is 167 Å². The first-order chi connectivity index (χ1) is 13.3. The summed E-state index contributed by atoms with van der Waals surface area (Å²) >= 11 is 5.73. The van der Waals surface area contributed by atoms with Gasteiger partial charge in [0.25, 0.3) is 11.6 Å². The highest BCUT2D eigenvalue weighted by Crippen LogP contribution is 2.24. The van der Waals surface area contributed by atoms with E-state index in [9.17, 15) is 19.7 Å². The number of nitrogens with one attached hydrogen (secondary N) is 1. The van der Waals surface area contributed by atoms with E-state index in [1.807, 2.05) is 37.3 Å². The van der Waals surface area contributed by atoms with Crippen LogP contribution in [-0.4, -0.2) is 28.9 Å². The summed E-state index contributed by atoms with van der Waals surface area (Å²) in [7, 11) is 0. The zero-order chi connectivity index (χ0) is 20.7. The number of rotatable bonds is 8. The molecule has 0 radical (unpaired) electrons. The van der Waals surface area contributed by atoms with Crippen molar-refractivity contribution >= 4 is 29.2 Å². The summed E-state index contributed by atoms with van der Waals surface area (Å²) in [5.41, 5.74) is 0.436. The van der Waals surface area contributed by atoms with Crippen molar-refractivity contribution in [2.24, 2.45) is 0 Å². The van der Waals surface area contributed by atoms with E-state index in [-0.39, 0.29) is 16.6 Å². The Kier molecular flexibility index (Phi) is 7.52. The van der Waals surface area contributed by atoms with Crippen LogP contribution in [-0.2, 0) is 16.0 Å². The lowest BCUT2D eigenvalue weighted by Gasteiger charge is -2.18. The third-order valence-corrected chi connectivity index (χ3v) is 4.36. The van der Waals surface area contributed by atoms with E-state index in [1.54, 1.807) is 0 Å². The van der Waals surface area contributed by atoms with Crippen molar-refractivity contribution < 1.29 is 19.2 Å². The number of nitrogens with zero attached hydrogens (tertiary/aromatic N) is 1. The standard InChI is InChI=1S/C20H21ClN2O5/c1-13(8-9-15-6-4-3-5-7-15)22-19(24)14(2)28-20(25)17-11-10-16(21)12-18(17)23(26)27/h3-7,10-14H,8-9H2,1-2H3,(H,22,24). The number of nitro benzene ring substituents is 1. The molecule has 0 saturated heterocycles. The Morgan fingerprint density at radius 2 is 1.86 bits per heavy atom. The lowest BCUT2D eigenvalue weighted by molar-refractivity contribution is -0.385. The van der Waals surface area contributed by atoms with Gasteiger partial charge in [0.1, 0.15) is 5.56 Å². The number of carbonyl (C=O) groups excluding carboxylic acids is 2. The molecule has 1 N–H and O–H groups in total. The summed E-state index contributed by atoms with van der Waals surface area (Å²) in [6.07, 6.45) is 0.425. The SMILES string of the molecule is CC(CCc1ccccc1)NC(=O)C(C)OC(=O)c1ccc(Cl)cc1[N+](=O)[O-]. The number of carbonyl (C=O) groups is 2. The van der Waals surface area contributed by atoms with Gasteiger partial charge in [-0.15, -0.1) is 0 Å². The van der Waals surface area contributed by atoms with Gasteiger partial charge in [-0.1, -0.05) is 41.9 Å². The van der Waals surface area contributed by atoms with Gasteiger partial charge in [0.05, 0.1) is 4.92 Å². The number of ether oxygens (including phenoxy) is 1. The maximum atomic E-state index is 12.3. The average molecular weight is 405 g/mol. The minimum absolute atomic E-state index is 0.126. The molecule has 2 aromatic carbocycles. The fourth-order valence-electron chi connectivity index (χ4n) is 2.57. The van der Waals surface area contributed by atoms with Crippen LogP contribution in [0, 0.1) is 10.1 Å². The molecule has 0 spiro atoms. The average Bonchev–Trinajstić information content (AvgIpc) is 2.66. The maximum absolute atomic E-state index is 12.3. The molecular formula is C20H21ClN2O5. The second kappa shape index (κ2) is 9.85. The molecule has 7 nitrogen and oxygen atoms in total. The second-order valence-corrected chi connectivity index (χ2v) is 6.84. The molecule has 0 aliphatic carbocycles. The molecule has 8 heteroatoms. The number of hydrogen-bond donors (Lipinski definition) is 1. The molecule has 0 bridgehead atoms. The van der Waals surface area contributed by atoms with Gasteiger partial charge in [-0.25, -0.2) is 4.79 Å². The van der Waals surface area contributed by atoms with Crippen molar-refractivity contribution in [3.8, 4) is 0 Å². The Morgan fingerprint density at radius 1 is 1.18 bits per heavy atom. The monoisotopic (exact) mass is 404 g/mol. The minimum atomic E-state index is -1.10. The van der Waals surface area contributed by atoms with Crippen LogP contribution in [0.4, 0.5) is 5.69 Å². The number of hydrogen-bond acceptors (Lipinski definition) is 5. The van der Waals surface area contributed by atoms with Gasteiger partial charge in [0.2, 0.25) is 0 Å². The Bertz CT molecular complexity index is 857. The molecule has 2 atom stereocenters. The van der Waals surface area contributed by atoms with Crippen LogP contribution in [0.2, 0.25) is 5.02 Å². The van der Waals surface area contributed by atoms with Crippen LogP contribution in [0.15, 0.2) is 48.5 Å². The van der Waals surface area contributed by atoms with E-state index in [0.29, 0.717) is 0 Å². The number of esters is 1. The molecule has 0 aromatic heterocycles. The first-order valence-electron chi connectivity index (χ1n) is 8.77. The molecule has 0 heterocycles.